The predicted molar refractivity (Wildman–Crippen MR) is 71.7 cm³/mol. The van der Waals surface area contributed by atoms with E-state index in [2.05, 4.69) is 12.6 Å². The minimum atomic E-state index is -1.28. The molecule has 0 aliphatic rings. The van der Waals surface area contributed by atoms with E-state index < -0.39 is 12.0 Å². The van der Waals surface area contributed by atoms with Crippen LogP contribution in [0.3, 0.4) is 0 Å². The van der Waals surface area contributed by atoms with Gasteiger partial charge in [-0.3, -0.25) is 4.79 Å². The van der Waals surface area contributed by atoms with Crippen LogP contribution in [0, 0.1) is 13.8 Å². The van der Waals surface area contributed by atoms with Crippen molar-refractivity contribution >= 4 is 30.2 Å². The Morgan fingerprint density at radius 1 is 1.32 bits per heavy atom. The summed E-state index contributed by atoms with van der Waals surface area (Å²) in [5, 5.41) is 11.0. The standard InChI is InChI=1S/C13H17NO3S.Na/c1-8-5-4-6-9(2)12(8)14(11(15)7-18)10(3)13(16)17;/h4-6,10,18H,7H2,1-3H3,(H,16,17);/q;+1/p-1. The van der Waals surface area contributed by atoms with Crippen molar-refractivity contribution in [1.82, 2.24) is 0 Å². The fourth-order valence-electron chi connectivity index (χ4n) is 1.90. The van der Waals surface area contributed by atoms with E-state index in [1.54, 1.807) is 0 Å². The molecule has 0 aliphatic heterocycles. The second-order valence-corrected chi connectivity index (χ2v) is 4.47. The molecule has 0 aliphatic carbocycles. The first-order valence-electron chi connectivity index (χ1n) is 5.60. The molecular weight excluding hydrogens is 273 g/mol. The van der Waals surface area contributed by atoms with Crippen molar-refractivity contribution < 1.29 is 44.3 Å². The smallest absolute Gasteiger partial charge is 0.548 e. The van der Waals surface area contributed by atoms with Crippen LogP contribution in [0.5, 0.6) is 0 Å². The summed E-state index contributed by atoms with van der Waals surface area (Å²) in [5.41, 5.74) is 2.31. The summed E-state index contributed by atoms with van der Waals surface area (Å²) >= 11 is 3.93. The van der Waals surface area contributed by atoms with Gasteiger partial charge in [0.05, 0.1) is 23.5 Å². The minimum Gasteiger partial charge on any atom is -0.548 e. The first kappa shape index (κ1) is 18.5. The predicted octanol–water partition coefficient (Wildman–Crippen LogP) is -2.29. The van der Waals surface area contributed by atoms with E-state index in [0.29, 0.717) is 5.69 Å². The van der Waals surface area contributed by atoms with E-state index >= 15 is 0 Å². The van der Waals surface area contributed by atoms with Crippen LogP contribution in [-0.2, 0) is 9.59 Å². The van der Waals surface area contributed by atoms with Crippen LogP contribution < -0.4 is 39.6 Å². The number of carbonyl (C=O) groups is 2. The fourth-order valence-corrected chi connectivity index (χ4v) is 2.05. The minimum absolute atomic E-state index is 0. The number of rotatable bonds is 4. The molecule has 1 amide bonds. The molecule has 1 aromatic carbocycles. The van der Waals surface area contributed by atoms with Gasteiger partial charge in [0.15, 0.2) is 0 Å². The molecule has 0 saturated carbocycles. The number of thiol groups is 1. The van der Waals surface area contributed by atoms with E-state index in [9.17, 15) is 14.7 Å². The molecular formula is C13H16NNaO3S. The average molecular weight is 289 g/mol. The zero-order chi connectivity index (χ0) is 13.9. The number of nitrogens with zero attached hydrogens (tertiary/aromatic N) is 1. The Morgan fingerprint density at radius 2 is 1.79 bits per heavy atom. The van der Waals surface area contributed by atoms with Crippen molar-refractivity contribution in [2.75, 3.05) is 10.7 Å². The van der Waals surface area contributed by atoms with Gasteiger partial charge < -0.3 is 14.8 Å². The Labute approximate surface area is 140 Å². The molecule has 1 rings (SSSR count). The molecule has 0 bridgehead atoms. The maximum absolute atomic E-state index is 11.9. The number of benzene rings is 1. The molecule has 0 saturated heterocycles. The van der Waals surface area contributed by atoms with Gasteiger partial charge in [0.2, 0.25) is 5.91 Å². The third-order valence-electron chi connectivity index (χ3n) is 2.81. The third kappa shape index (κ3) is 4.24. The van der Waals surface area contributed by atoms with Gasteiger partial charge in [0.25, 0.3) is 0 Å². The molecule has 4 nitrogen and oxygen atoms in total. The number of hydrogen-bond acceptors (Lipinski definition) is 4. The molecule has 0 heterocycles. The van der Waals surface area contributed by atoms with E-state index in [1.807, 2.05) is 32.0 Å². The van der Waals surface area contributed by atoms with Gasteiger partial charge in [-0.2, -0.15) is 12.6 Å². The Morgan fingerprint density at radius 3 is 2.16 bits per heavy atom. The Kier molecular flexibility index (Phi) is 7.74. The average Bonchev–Trinajstić information content (AvgIpc) is 2.32. The molecule has 6 heteroatoms. The van der Waals surface area contributed by atoms with Crippen LogP contribution in [0.1, 0.15) is 18.1 Å². The fraction of sp³-hybridized carbons (Fsp3) is 0.385. The van der Waals surface area contributed by atoms with Gasteiger partial charge in [0.1, 0.15) is 0 Å². The second kappa shape index (κ2) is 7.94. The van der Waals surface area contributed by atoms with Gasteiger partial charge in [-0.1, -0.05) is 18.2 Å². The molecule has 0 radical (unpaired) electrons. The van der Waals surface area contributed by atoms with Crippen molar-refractivity contribution in [2.45, 2.75) is 26.8 Å². The molecule has 1 aromatic rings. The van der Waals surface area contributed by atoms with Crippen LogP contribution in [0.25, 0.3) is 0 Å². The molecule has 19 heavy (non-hydrogen) atoms. The second-order valence-electron chi connectivity index (χ2n) is 4.16. The Balaban J connectivity index is 0.00000324. The first-order chi connectivity index (χ1) is 8.40. The molecule has 0 spiro atoms. The summed E-state index contributed by atoms with van der Waals surface area (Å²) in [7, 11) is 0. The zero-order valence-electron chi connectivity index (χ0n) is 11.6. The van der Waals surface area contributed by atoms with E-state index in [0.717, 1.165) is 11.1 Å². The molecule has 1 atom stereocenters. The van der Waals surface area contributed by atoms with E-state index in [1.165, 1.54) is 11.8 Å². The number of aliphatic carboxylic acids is 1. The monoisotopic (exact) mass is 289 g/mol. The van der Waals surface area contributed by atoms with Crippen molar-refractivity contribution in [3.05, 3.63) is 29.3 Å². The Bertz CT molecular complexity index is 459. The zero-order valence-corrected chi connectivity index (χ0v) is 14.5. The Hall–Kier alpha value is -0.490. The van der Waals surface area contributed by atoms with Crippen LogP contribution in [0.4, 0.5) is 5.69 Å². The van der Waals surface area contributed by atoms with Gasteiger partial charge in [0, 0.05) is 0 Å². The summed E-state index contributed by atoms with van der Waals surface area (Å²) < 4.78 is 0. The largest absolute Gasteiger partial charge is 1.00 e. The van der Waals surface area contributed by atoms with Crippen molar-refractivity contribution in [2.24, 2.45) is 0 Å². The number of para-hydroxylation sites is 1. The maximum atomic E-state index is 11.9. The van der Waals surface area contributed by atoms with Crippen molar-refractivity contribution in [1.29, 1.82) is 0 Å². The summed E-state index contributed by atoms with van der Waals surface area (Å²) in [6.07, 6.45) is 0. The van der Waals surface area contributed by atoms with E-state index in [-0.39, 0.29) is 41.2 Å². The van der Waals surface area contributed by atoms with Gasteiger partial charge >= 0.3 is 29.6 Å². The number of anilines is 1. The third-order valence-corrected chi connectivity index (χ3v) is 3.08. The van der Waals surface area contributed by atoms with Crippen molar-refractivity contribution in [3.63, 3.8) is 0 Å². The first-order valence-corrected chi connectivity index (χ1v) is 6.23. The van der Waals surface area contributed by atoms with Gasteiger partial charge in [-0.15, -0.1) is 0 Å². The van der Waals surface area contributed by atoms with Gasteiger partial charge in [-0.25, -0.2) is 0 Å². The van der Waals surface area contributed by atoms with Crippen LogP contribution in [0.15, 0.2) is 18.2 Å². The number of aryl methyl sites for hydroxylation is 2. The number of carbonyl (C=O) groups excluding carboxylic acids is 2. The molecule has 1 unspecified atom stereocenters. The summed E-state index contributed by atoms with van der Waals surface area (Å²) in [5.74, 6) is -1.69. The maximum Gasteiger partial charge on any atom is 1.00 e. The van der Waals surface area contributed by atoms with Crippen molar-refractivity contribution in [3.8, 4) is 0 Å². The molecule has 0 aromatic heterocycles. The molecule has 0 fully saturated rings. The number of carboxylic acids is 1. The summed E-state index contributed by atoms with van der Waals surface area (Å²) in [4.78, 5) is 24.2. The normalized spacial score (nSPS) is 11.4. The van der Waals surface area contributed by atoms with Crippen LogP contribution in [-0.4, -0.2) is 23.7 Å². The van der Waals surface area contributed by atoms with E-state index in [4.69, 9.17) is 0 Å². The molecule has 98 valence electrons. The van der Waals surface area contributed by atoms with Gasteiger partial charge in [-0.05, 0) is 31.9 Å². The quantitative estimate of drug-likeness (QED) is 0.501. The SMILES string of the molecule is Cc1cccc(C)c1N(C(=O)CS)C(C)C(=O)[O-].[Na+]. The number of amides is 1. The summed E-state index contributed by atoms with van der Waals surface area (Å²) in [6, 6.07) is 4.51. The number of hydrogen-bond donors (Lipinski definition) is 1. The number of carboxylic acid groups (broad SMARTS) is 1. The van der Waals surface area contributed by atoms with Crippen LogP contribution >= 0.6 is 12.6 Å². The summed E-state index contributed by atoms with van der Waals surface area (Å²) in [6.45, 7) is 5.11. The molecule has 0 N–H and O–H groups in total. The topological polar surface area (TPSA) is 60.4 Å². The van der Waals surface area contributed by atoms with Crippen LogP contribution in [0.2, 0.25) is 0 Å².